The molecule has 0 spiro atoms. The zero-order valence-electron chi connectivity index (χ0n) is 8.49. The van der Waals surface area contributed by atoms with Crippen molar-refractivity contribution < 1.29 is 14.3 Å². The van der Waals surface area contributed by atoms with Gasteiger partial charge in [-0.3, -0.25) is 10.2 Å². The minimum absolute atomic E-state index is 0.226. The number of pyridine rings is 1. The third-order valence-electron chi connectivity index (χ3n) is 1.54. The lowest BCUT2D eigenvalue weighted by Crippen LogP contribution is -2.41. The van der Waals surface area contributed by atoms with E-state index in [1.54, 1.807) is 6.92 Å². The molecule has 0 fully saturated rings. The Kier molecular flexibility index (Phi) is 4.53. The van der Waals surface area contributed by atoms with Gasteiger partial charge in [-0.15, -0.1) is 0 Å². The van der Waals surface area contributed by atoms with Crippen molar-refractivity contribution >= 4 is 23.6 Å². The molecule has 86 valence electrons. The van der Waals surface area contributed by atoms with Crippen LogP contribution in [0.15, 0.2) is 18.3 Å². The quantitative estimate of drug-likeness (QED) is 0.603. The van der Waals surface area contributed by atoms with Crippen LogP contribution in [0.3, 0.4) is 0 Å². The number of nitrogens with one attached hydrogen (secondary N) is 2. The van der Waals surface area contributed by atoms with Crippen LogP contribution in [-0.4, -0.2) is 23.6 Å². The van der Waals surface area contributed by atoms with Crippen molar-refractivity contribution in [2.75, 3.05) is 6.61 Å². The van der Waals surface area contributed by atoms with Crippen LogP contribution in [0.1, 0.15) is 17.3 Å². The molecule has 0 aromatic carbocycles. The smallest absolute Gasteiger partial charge is 0.426 e. The molecule has 0 aliphatic carbocycles. The number of hydrazine groups is 1. The van der Waals surface area contributed by atoms with E-state index in [4.69, 9.17) is 11.6 Å². The first-order valence-corrected chi connectivity index (χ1v) is 4.86. The van der Waals surface area contributed by atoms with Gasteiger partial charge in [-0.25, -0.2) is 15.2 Å². The number of aromatic nitrogens is 1. The Hall–Kier alpha value is -1.82. The van der Waals surface area contributed by atoms with Crippen LogP contribution >= 0.6 is 11.6 Å². The molecule has 0 atom stereocenters. The van der Waals surface area contributed by atoms with E-state index in [1.807, 2.05) is 0 Å². The summed E-state index contributed by atoms with van der Waals surface area (Å²) >= 11 is 5.55. The largest absolute Gasteiger partial charge is 0.449 e. The molecule has 1 heterocycles. The third kappa shape index (κ3) is 3.74. The monoisotopic (exact) mass is 243 g/mol. The average molecular weight is 244 g/mol. The second-order valence-corrected chi connectivity index (χ2v) is 3.06. The molecular formula is C9H10ClN3O3. The van der Waals surface area contributed by atoms with Gasteiger partial charge in [0.15, 0.2) is 0 Å². The number of rotatable bonds is 2. The van der Waals surface area contributed by atoms with Gasteiger partial charge >= 0.3 is 6.09 Å². The second kappa shape index (κ2) is 5.92. The first kappa shape index (κ1) is 12.3. The van der Waals surface area contributed by atoms with Crippen molar-refractivity contribution in [3.63, 3.8) is 0 Å². The molecule has 0 saturated carbocycles. The number of carbonyl (C=O) groups is 2. The fraction of sp³-hybridized carbons (Fsp3) is 0.222. The average Bonchev–Trinajstić information content (AvgIpc) is 2.27. The molecule has 0 bridgehead atoms. The van der Waals surface area contributed by atoms with Crippen LogP contribution in [0.4, 0.5) is 4.79 Å². The van der Waals surface area contributed by atoms with E-state index in [0.29, 0.717) is 0 Å². The van der Waals surface area contributed by atoms with Crippen molar-refractivity contribution in [2.45, 2.75) is 6.92 Å². The van der Waals surface area contributed by atoms with Crippen LogP contribution in [-0.2, 0) is 4.74 Å². The van der Waals surface area contributed by atoms with Crippen molar-refractivity contribution in [1.82, 2.24) is 15.8 Å². The SMILES string of the molecule is CCOC(=O)NNC(=O)c1ccc(Cl)nc1. The number of hydrogen-bond acceptors (Lipinski definition) is 4. The Morgan fingerprint density at radius 2 is 2.19 bits per heavy atom. The summed E-state index contributed by atoms with van der Waals surface area (Å²) in [4.78, 5) is 26.0. The van der Waals surface area contributed by atoms with Gasteiger partial charge in [0.05, 0.1) is 12.2 Å². The predicted octanol–water partition coefficient (Wildman–Crippen LogP) is 1.13. The van der Waals surface area contributed by atoms with Gasteiger partial charge in [0.1, 0.15) is 5.15 Å². The van der Waals surface area contributed by atoms with E-state index in [0.717, 1.165) is 0 Å². The van der Waals surface area contributed by atoms with E-state index in [1.165, 1.54) is 18.3 Å². The minimum atomic E-state index is -0.724. The maximum atomic E-state index is 11.4. The summed E-state index contributed by atoms with van der Waals surface area (Å²) in [5.74, 6) is -0.503. The molecular weight excluding hydrogens is 234 g/mol. The van der Waals surface area contributed by atoms with Crippen LogP contribution in [0.5, 0.6) is 0 Å². The summed E-state index contributed by atoms with van der Waals surface area (Å²) in [6, 6.07) is 2.96. The number of ether oxygens (including phenoxy) is 1. The maximum absolute atomic E-state index is 11.4. The first-order chi connectivity index (χ1) is 7.63. The molecule has 2 N–H and O–H groups in total. The standard InChI is InChI=1S/C9H10ClN3O3/c1-2-16-9(15)13-12-8(14)6-3-4-7(10)11-5-6/h3-5H,2H2,1H3,(H,12,14)(H,13,15). The maximum Gasteiger partial charge on any atom is 0.426 e. The molecule has 1 rings (SSSR count). The predicted molar refractivity (Wildman–Crippen MR) is 56.9 cm³/mol. The number of nitrogens with zero attached hydrogens (tertiary/aromatic N) is 1. The van der Waals surface area contributed by atoms with E-state index in [2.05, 4.69) is 20.6 Å². The lowest BCUT2D eigenvalue weighted by atomic mass is 10.3. The second-order valence-electron chi connectivity index (χ2n) is 2.67. The van der Waals surface area contributed by atoms with Gasteiger partial charge in [-0.2, -0.15) is 0 Å². The van der Waals surface area contributed by atoms with Gasteiger partial charge in [0.25, 0.3) is 5.91 Å². The molecule has 0 saturated heterocycles. The highest BCUT2D eigenvalue weighted by Crippen LogP contribution is 2.04. The lowest BCUT2D eigenvalue weighted by Gasteiger charge is -2.06. The van der Waals surface area contributed by atoms with Gasteiger partial charge in [-0.1, -0.05) is 11.6 Å². The Morgan fingerprint density at radius 1 is 1.44 bits per heavy atom. The van der Waals surface area contributed by atoms with E-state index in [9.17, 15) is 9.59 Å². The topological polar surface area (TPSA) is 80.3 Å². The summed E-state index contributed by atoms with van der Waals surface area (Å²) in [6.45, 7) is 1.88. The van der Waals surface area contributed by atoms with Crippen molar-refractivity contribution in [1.29, 1.82) is 0 Å². The zero-order chi connectivity index (χ0) is 12.0. The summed E-state index contributed by atoms with van der Waals surface area (Å²) in [5, 5.41) is 0.287. The fourth-order valence-electron chi connectivity index (χ4n) is 0.857. The molecule has 0 unspecified atom stereocenters. The molecule has 16 heavy (non-hydrogen) atoms. The lowest BCUT2D eigenvalue weighted by molar-refractivity contribution is 0.0912. The number of carbonyl (C=O) groups excluding carboxylic acids is 2. The Labute approximate surface area is 96.9 Å². The molecule has 2 amide bonds. The normalized spacial score (nSPS) is 9.38. The summed E-state index contributed by atoms with van der Waals surface area (Å²) in [7, 11) is 0. The van der Waals surface area contributed by atoms with Crippen molar-refractivity contribution in [2.24, 2.45) is 0 Å². The van der Waals surface area contributed by atoms with Crippen LogP contribution < -0.4 is 10.9 Å². The van der Waals surface area contributed by atoms with Gasteiger partial charge < -0.3 is 4.74 Å². The molecule has 1 aromatic rings. The summed E-state index contributed by atoms with van der Waals surface area (Å²) in [5.41, 5.74) is 4.51. The molecule has 7 heteroatoms. The number of hydrogen-bond donors (Lipinski definition) is 2. The Bertz CT molecular complexity index is 380. The van der Waals surface area contributed by atoms with E-state index < -0.39 is 12.0 Å². The highest BCUT2D eigenvalue weighted by atomic mass is 35.5. The van der Waals surface area contributed by atoms with Gasteiger partial charge in [0, 0.05) is 6.20 Å². The first-order valence-electron chi connectivity index (χ1n) is 4.48. The zero-order valence-corrected chi connectivity index (χ0v) is 9.25. The van der Waals surface area contributed by atoms with Crippen molar-refractivity contribution in [3.8, 4) is 0 Å². The molecule has 1 aromatic heterocycles. The molecule has 6 nitrogen and oxygen atoms in total. The highest BCUT2D eigenvalue weighted by Gasteiger charge is 2.07. The molecule has 0 aliphatic rings. The number of halogens is 1. The van der Waals surface area contributed by atoms with Crippen LogP contribution in [0, 0.1) is 0 Å². The van der Waals surface area contributed by atoms with Gasteiger partial charge in [-0.05, 0) is 19.1 Å². The van der Waals surface area contributed by atoms with E-state index in [-0.39, 0.29) is 17.3 Å². The third-order valence-corrected chi connectivity index (χ3v) is 1.77. The molecule has 0 aliphatic heterocycles. The highest BCUT2D eigenvalue weighted by molar-refractivity contribution is 6.29. The Balaban J connectivity index is 2.47. The number of amides is 2. The fourth-order valence-corrected chi connectivity index (χ4v) is 0.969. The van der Waals surface area contributed by atoms with Crippen LogP contribution in [0.25, 0.3) is 0 Å². The summed E-state index contributed by atoms with van der Waals surface area (Å²) in [6.07, 6.45) is 0.572. The minimum Gasteiger partial charge on any atom is -0.449 e. The van der Waals surface area contributed by atoms with Crippen molar-refractivity contribution in [3.05, 3.63) is 29.0 Å². The van der Waals surface area contributed by atoms with Crippen LogP contribution in [0.2, 0.25) is 5.15 Å². The van der Waals surface area contributed by atoms with E-state index >= 15 is 0 Å². The Morgan fingerprint density at radius 3 is 2.75 bits per heavy atom. The summed E-state index contributed by atoms with van der Waals surface area (Å²) < 4.78 is 4.55. The van der Waals surface area contributed by atoms with Gasteiger partial charge in [0.2, 0.25) is 0 Å². The molecule has 0 radical (unpaired) electrons.